The molecule has 1 aromatic carbocycles. The SMILES string of the molecule is C=C1C(C(=O)OCC)CC(C(=O)O)C(=O)N1Cc1ccccc1. The van der Waals surface area contributed by atoms with Crippen molar-refractivity contribution in [2.75, 3.05) is 6.61 Å². The predicted octanol–water partition coefficient (Wildman–Crippen LogP) is 1.81. The molecule has 1 heterocycles. The fourth-order valence-corrected chi connectivity index (χ4v) is 2.62. The highest BCUT2D eigenvalue weighted by Crippen LogP contribution is 2.33. The molecule has 1 saturated heterocycles. The van der Waals surface area contributed by atoms with Gasteiger partial charge in [0.2, 0.25) is 5.91 Å². The van der Waals surface area contributed by atoms with Gasteiger partial charge in [0.15, 0.2) is 0 Å². The molecule has 1 N–H and O–H groups in total. The Hall–Kier alpha value is -2.63. The number of ether oxygens (including phenoxy) is 1. The van der Waals surface area contributed by atoms with E-state index in [1.54, 1.807) is 6.92 Å². The quantitative estimate of drug-likeness (QED) is 0.661. The maximum atomic E-state index is 12.4. The number of likely N-dealkylation sites (tertiary alicyclic amines) is 1. The molecule has 6 heteroatoms. The summed E-state index contributed by atoms with van der Waals surface area (Å²) in [7, 11) is 0. The van der Waals surface area contributed by atoms with E-state index in [0.717, 1.165) is 5.56 Å². The summed E-state index contributed by atoms with van der Waals surface area (Å²) < 4.78 is 4.98. The molecule has 122 valence electrons. The van der Waals surface area contributed by atoms with Crippen molar-refractivity contribution in [3.05, 3.63) is 48.2 Å². The molecule has 0 radical (unpaired) electrons. The van der Waals surface area contributed by atoms with Crippen LogP contribution in [0.4, 0.5) is 0 Å². The summed E-state index contributed by atoms with van der Waals surface area (Å²) >= 11 is 0. The number of amides is 1. The fourth-order valence-electron chi connectivity index (χ4n) is 2.62. The Morgan fingerprint density at radius 2 is 1.96 bits per heavy atom. The Balaban J connectivity index is 2.29. The molecule has 0 aromatic heterocycles. The minimum atomic E-state index is -1.27. The molecule has 6 nitrogen and oxygen atoms in total. The largest absolute Gasteiger partial charge is 0.481 e. The number of rotatable bonds is 5. The maximum absolute atomic E-state index is 12.4. The Bertz CT molecular complexity index is 625. The lowest BCUT2D eigenvalue weighted by atomic mass is 9.85. The van der Waals surface area contributed by atoms with Crippen LogP contribution in [0, 0.1) is 11.8 Å². The molecular formula is C17H19NO5. The van der Waals surface area contributed by atoms with Crippen LogP contribution >= 0.6 is 0 Å². The van der Waals surface area contributed by atoms with Gasteiger partial charge in [0.05, 0.1) is 19.1 Å². The molecule has 2 unspecified atom stereocenters. The Morgan fingerprint density at radius 3 is 2.52 bits per heavy atom. The van der Waals surface area contributed by atoms with E-state index >= 15 is 0 Å². The minimum absolute atomic E-state index is 0.114. The number of carbonyl (C=O) groups is 3. The summed E-state index contributed by atoms with van der Waals surface area (Å²) in [6.07, 6.45) is -0.114. The number of carboxylic acids is 1. The molecule has 0 spiro atoms. The number of benzene rings is 1. The van der Waals surface area contributed by atoms with Gasteiger partial charge in [-0.05, 0) is 18.9 Å². The Kier molecular flexibility index (Phi) is 5.16. The first kappa shape index (κ1) is 16.7. The lowest BCUT2D eigenvalue weighted by molar-refractivity contribution is -0.157. The van der Waals surface area contributed by atoms with E-state index in [1.807, 2.05) is 30.3 Å². The molecule has 1 aromatic rings. The number of hydrogen-bond acceptors (Lipinski definition) is 4. The number of hydrogen-bond donors (Lipinski definition) is 1. The molecule has 2 rings (SSSR count). The number of piperidine rings is 1. The van der Waals surface area contributed by atoms with Gasteiger partial charge in [-0.25, -0.2) is 0 Å². The van der Waals surface area contributed by atoms with Gasteiger partial charge in [-0.15, -0.1) is 0 Å². The lowest BCUT2D eigenvalue weighted by Crippen LogP contribution is -2.47. The van der Waals surface area contributed by atoms with Crippen LogP contribution in [-0.4, -0.2) is 34.5 Å². The monoisotopic (exact) mass is 317 g/mol. The molecular weight excluding hydrogens is 298 g/mol. The normalized spacial score (nSPS) is 21.2. The van der Waals surface area contributed by atoms with Gasteiger partial charge in [0, 0.05) is 5.70 Å². The van der Waals surface area contributed by atoms with Crippen LogP contribution in [0.3, 0.4) is 0 Å². The van der Waals surface area contributed by atoms with Gasteiger partial charge in [-0.2, -0.15) is 0 Å². The van der Waals surface area contributed by atoms with Crippen molar-refractivity contribution in [3.63, 3.8) is 0 Å². The molecule has 23 heavy (non-hydrogen) atoms. The zero-order valence-electron chi connectivity index (χ0n) is 12.9. The zero-order chi connectivity index (χ0) is 17.0. The second-order valence-electron chi connectivity index (χ2n) is 5.33. The third-order valence-corrected chi connectivity index (χ3v) is 3.84. The predicted molar refractivity (Wildman–Crippen MR) is 82.0 cm³/mol. The van der Waals surface area contributed by atoms with Crippen molar-refractivity contribution in [1.82, 2.24) is 4.90 Å². The van der Waals surface area contributed by atoms with Crippen LogP contribution in [0.15, 0.2) is 42.6 Å². The highest BCUT2D eigenvalue weighted by atomic mass is 16.5. The van der Waals surface area contributed by atoms with Crippen molar-refractivity contribution in [3.8, 4) is 0 Å². The van der Waals surface area contributed by atoms with Gasteiger partial charge in [-0.3, -0.25) is 14.4 Å². The van der Waals surface area contributed by atoms with E-state index < -0.39 is 29.7 Å². The van der Waals surface area contributed by atoms with E-state index in [2.05, 4.69) is 6.58 Å². The van der Waals surface area contributed by atoms with Crippen LogP contribution in [-0.2, 0) is 25.7 Å². The van der Waals surface area contributed by atoms with Crippen LogP contribution < -0.4 is 0 Å². The van der Waals surface area contributed by atoms with Crippen molar-refractivity contribution < 1.29 is 24.2 Å². The highest BCUT2D eigenvalue weighted by Gasteiger charge is 2.44. The van der Waals surface area contributed by atoms with E-state index in [0.29, 0.717) is 0 Å². The van der Waals surface area contributed by atoms with Gasteiger partial charge in [-0.1, -0.05) is 36.9 Å². The van der Waals surface area contributed by atoms with E-state index in [1.165, 1.54) is 4.90 Å². The summed E-state index contributed by atoms with van der Waals surface area (Å²) in [5.74, 6) is -4.42. The third kappa shape index (κ3) is 3.59. The molecule has 1 fully saturated rings. The number of aliphatic carboxylic acids is 1. The minimum Gasteiger partial charge on any atom is -0.481 e. The summed E-state index contributed by atoms with van der Waals surface area (Å²) in [6.45, 7) is 5.87. The first-order chi connectivity index (χ1) is 11.0. The van der Waals surface area contributed by atoms with E-state index in [-0.39, 0.29) is 25.3 Å². The summed E-state index contributed by atoms with van der Waals surface area (Å²) in [4.78, 5) is 37.2. The second kappa shape index (κ2) is 7.09. The zero-order valence-corrected chi connectivity index (χ0v) is 12.9. The van der Waals surface area contributed by atoms with Crippen molar-refractivity contribution in [2.45, 2.75) is 19.9 Å². The van der Waals surface area contributed by atoms with Gasteiger partial charge >= 0.3 is 11.9 Å². The molecule has 0 aliphatic carbocycles. The maximum Gasteiger partial charge on any atom is 0.316 e. The molecule has 0 saturated carbocycles. The molecule has 2 atom stereocenters. The first-order valence-corrected chi connectivity index (χ1v) is 7.39. The fraction of sp³-hybridized carbons (Fsp3) is 0.353. The van der Waals surface area contributed by atoms with Crippen molar-refractivity contribution >= 4 is 17.8 Å². The number of carbonyl (C=O) groups excluding carboxylic acids is 2. The summed E-state index contributed by atoms with van der Waals surface area (Å²) in [5.41, 5.74) is 1.12. The average molecular weight is 317 g/mol. The number of esters is 1. The average Bonchev–Trinajstić information content (AvgIpc) is 2.52. The lowest BCUT2D eigenvalue weighted by Gasteiger charge is -2.36. The summed E-state index contributed by atoms with van der Waals surface area (Å²) in [5, 5.41) is 9.28. The van der Waals surface area contributed by atoms with Crippen LogP contribution in [0.1, 0.15) is 18.9 Å². The van der Waals surface area contributed by atoms with Crippen LogP contribution in [0.5, 0.6) is 0 Å². The van der Waals surface area contributed by atoms with Crippen LogP contribution in [0.25, 0.3) is 0 Å². The smallest absolute Gasteiger partial charge is 0.316 e. The molecule has 1 aliphatic heterocycles. The summed E-state index contributed by atoms with van der Waals surface area (Å²) in [6, 6.07) is 9.14. The van der Waals surface area contributed by atoms with Crippen molar-refractivity contribution in [1.29, 1.82) is 0 Å². The van der Waals surface area contributed by atoms with Gasteiger partial charge in [0.25, 0.3) is 0 Å². The number of nitrogens with zero attached hydrogens (tertiary/aromatic N) is 1. The topological polar surface area (TPSA) is 83.9 Å². The molecule has 1 amide bonds. The third-order valence-electron chi connectivity index (χ3n) is 3.84. The Morgan fingerprint density at radius 1 is 1.30 bits per heavy atom. The van der Waals surface area contributed by atoms with Crippen molar-refractivity contribution in [2.24, 2.45) is 11.8 Å². The van der Waals surface area contributed by atoms with Gasteiger partial charge in [0.1, 0.15) is 5.92 Å². The van der Waals surface area contributed by atoms with E-state index in [9.17, 15) is 19.5 Å². The standard InChI is InChI=1S/C17H19NO5/c1-3-23-17(22)13-9-14(16(20)21)15(19)18(11(13)2)10-12-7-5-4-6-8-12/h4-8,13-14H,2-3,9-10H2,1H3,(H,20,21). The second-order valence-corrected chi connectivity index (χ2v) is 5.33. The van der Waals surface area contributed by atoms with E-state index in [4.69, 9.17) is 4.74 Å². The first-order valence-electron chi connectivity index (χ1n) is 7.39. The molecule has 1 aliphatic rings. The number of carboxylic acid groups (broad SMARTS) is 1. The molecule has 0 bridgehead atoms. The van der Waals surface area contributed by atoms with Crippen LogP contribution in [0.2, 0.25) is 0 Å². The Labute approximate surface area is 134 Å². The van der Waals surface area contributed by atoms with Gasteiger partial charge < -0.3 is 14.7 Å². The highest BCUT2D eigenvalue weighted by molar-refractivity contribution is 6.00.